The van der Waals surface area contributed by atoms with Gasteiger partial charge in [0.15, 0.2) is 0 Å². The first-order valence-electron chi connectivity index (χ1n) is 10.2. The van der Waals surface area contributed by atoms with Gasteiger partial charge < -0.3 is 9.84 Å². The lowest BCUT2D eigenvalue weighted by Gasteiger charge is -2.63. The number of methoxy groups -OCH3 is 1. The summed E-state index contributed by atoms with van der Waals surface area (Å²) in [5.74, 6) is 1.93. The molecule has 0 spiro atoms. The van der Waals surface area contributed by atoms with E-state index in [-0.39, 0.29) is 6.04 Å². The first-order chi connectivity index (χ1) is 12.6. The topological polar surface area (TPSA) is 49.8 Å². The predicted molar refractivity (Wildman–Crippen MR) is 99.5 cm³/mol. The largest absolute Gasteiger partial charge is 0.496 e. The maximum Gasteiger partial charge on any atom is 0.134 e. The van der Waals surface area contributed by atoms with Crippen LogP contribution in [0.5, 0.6) is 5.75 Å². The summed E-state index contributed by atoms with van der Waals surface area (Å²) in [5.41, 5.74) is 1.11. The summed E-state index contributed by atoms with van der Waals surface area (Å²) in [6, 6.07) is 6.35. The van der Waals surface area contributed by atoms with Crippen LogP contribution < -0.4 is 4.74 Å². The third-order valence-electron chi connectivity index (χ3n) is 7.87. The summed E-state index contributed by atoms with van der Waals surface area (Å²) < 4.78 is 5.71. The number of piperidine rings is 1. The standard InChI is InChI=1S/C22H29NO3/c1-26-18-7-3-6-16-12-19-22(25)9-8-17(24)13-21(22,20(16)18)10-11-23(19)14-15-4-2-5-15/h3,6-7,15,19,25H,2,4-5,8-14H2,1H3/t19-,21-,22-/m1/s1. The molecule has 0 radical (unpaired) electrons. The number of aliphatic hydroxyl groups is 1. The maximum atomic E-state index is 12.5. The van der Waals surface area contributed by atoms with Crippen molar-refractivity contribution in [3.05, 3.63) is 29.3 Å². The number of carbonyl (C=O) groups excluding carboxylic acids is 1. The third-order valence-corrected chi connectivity index (χ3v) is 7.87. The van der Waals surface area contributed by atoms with Gasteiger partial charge in [0, 0.05) is 36.4 Å². The number of Topliss-reactive ketones (excluding diaryl/α,β-unsaturated/α-hetero) is 1. The van der Waals surface area contributed by atoms with Gasteiger partial charge in [0.2, 0.25) is 0 Å². The smallest absolute Gasteiger partial charge is 0.134 e. The number of ketones is 1. The average molecular weight is 355 g/mol. The highest BCUT2D eigenvalue weighted by molar-refractivity contribution is 5.83. The molecule has 3 aliphatic carbocycles. The minimum absolute atomic E-state index is 0.129. The zero-order valence-electron chi connectivity index (χ0n) is 15.7. The molecule has 3 atom stereocenters. The van der Waals surface area contributed by atoms with Gasteiger partial charge in [-0.05, 0) is 56.2 Å². The fraction of sp³-hybridized carbons (Fsp3) is 0.682. The molecule has 26 heavy (non-hydrogen) atoms. The Hall–Kier alpha value is -1.39. The summed E-state index contributed by atoms with van der Waals surface area (Å²) >= 11 is 0. The number of ether oxygens (including phenoxy) is 1. The van der Waals surface area contributed by atoms with Crippen molar-refractivity contribution in [1.82, 2.24) is 4.90 Å². The maximum absolute atomic E-state index is 12.5. The minimum atomic E-state index is -0.815. The zero-order valence-corrected chi connectivity index (χ0v) is 15.7. The normalized spacial score (nSPS) is 36.8. The SMILES string of the molecule is COc1cccc2c1[C@]13CCN(CC4CCC4)[C@H](C2)[C@]1(O)CCC(=O)C3. The number of rotatable bonds is 3. The Morgan fingerprint density at radius 1 is 1.31 bits per heavy atom. The molecule has 3 fully saturated rings. The Balaban J connectivity index is 1.63. The van der Waals surface area contributed by atoms with Crippen molar-refractivity contribution in [2.24, 2.45) is 5.92 Å². The molecule has 0 amide bonds. The number of likely N-dealkylation sites (tertiary alicyclic amines) is 1. The average Bonchev–Trinajstić information content (AvgIpc) is 2.59. The van der Waals surface area contributed by atoms with E-state index in [1.54, 1.807) is 7.11 Å². The van der Waals surface area contributed by atoms with E-state index in [1.165, 1.54) is 24.8 Å². The van der Waals surface area contributed by atoms with E-state index < -0.39 is 11.0 Å². The van der Waals surface area contributed by atoms with Crippen molar-refractivity contribution in [3.63, 3.8) is 0 Å². The molecule has 1 heterocycles. The predicted octanol–water partition coefficient (Wildman–Crippen LogP) is 2.85. The van der Waals surface area contributed by atoms with Crippen LogP contribution in [0.25, 0.3) is 0 Å². The first kappa shape index (κ1) is 16.8. The second-order valence-corrected chi connectivity index (χ2v) is 8.98. The summed E-state index contributed by atoms with van der Waals surface area (Å²) in [5, 5.41) is 12.1. The van der Waals surface area contributed by atoms with E-state index in [2.05, 4.69) is 17.0 Å². The molecule has 5 rings (SSSR count). The van der Waals surface area contributed by atoms with Crippen LogP contribution in [-0.2, 0) is 16.6 Å². The highest BCUT2D eigenvalue weighted by atomic mass is 16.5. The summed E-state index contributed by atoms with van der Waals surface area (Å²) in [6.07, 6.45) is 7.30. The van der Waals surface area contributed by atoms with Crippen LogP contribution in [0.4, 0.5) is 0 Å². The Labute approximate surface area is 155 Å². The number of carbonyl (C=O) groups is 1. The molecule has 1 saturated heterocycles. The number of hydrogen-bond donors (Lipinski definition) is 1. The molecule has 2 bridgehead atoms. The summed E-state index contributed by atoms with van der Waals surface area (Å²) in [7, 11) is 1.70. The molecule has 1 aromatic carbocycles. The zero-order chi connectivity index (χ0) is 17.9. The lowest BCUT2D eigenvalue weighted by molar-refractivity contribution is -0.175. The van der Waals surface area contributed by atoms with Gasteiger partial charge in [-0.1, -0.05) is 18.6 Å². The van der Waals surface area contributed by atoms with E-state index in [4.69, 9.17) is 4.74 Å². The molecular formula is C22H29NO3. The molecule has 0 unspecified atom stereocenters. The summed E-state index contributed by atoms with van der Waals surface area (Å²) in [4.78, 5) is 15.1. The van der Waals surface area contributed by atoms with Crippen LogP contribution in [0.3, 0.4) is 0 Å². The summed E-state index contributed by atoms with van der Waals surface area (Å²) in [6.45, 7) is 2.09. The monoisotopic (exact) mass is 355 g/mol. The fourth-order valence-electron chi connectivity index (χ4n) is 6.35. The van der Waals surface area contributed by atoms with Crippen molar-refractivity contribution in [2.75, 3.05) is 20.2 Å². The fourth-order valence-corrected chi connectivity index (χ4v) is 6.35. The quantitative estimate of drug-likeness (QED) is 0.906. The molecule has 1 aromatic rings. The van der Waals surface area contributed by atoms with Gasteiger partial charge in [0.25, 0.3) is 0 Å². The highest BCUT2D eigenvalue weighted by Gasteiger charge is 2.65. The van der Waals surface area contributed by atoms with Gasteiger partial charge in [-0.25, -0.2) is 0 Å². The Bertz CT molecular complexity index is 743. The Kier molecular flexibility index (Phi) is 3.74. The van der Waals surface area contributed by atoms with Crippen molar-refractivity contribution < 1.29 is 14.6 Å². The molecule has 0 aromatic heterocycles. The number of nitrogens with zero attached hydrogens (tertiary/aromatic N) is 1. The lowest BCUT2D eigenvalue weighted by Crippen LogP contribution is -2.73. The molecule has 140 valence electrons. The second-order valence-electron chi connectivity index (χ2n) is 8.98. The molecule has 4 heteroatoms. The van der Waals surface area contributed by atoms with Gasteiger partial charge in [0.1, 0.15) is 11.5 Å². The van der Waals surface area contributed by atoms with Crippen molar-refractivity contribution in [2.45, 2.75) is 68.4 Å². The van der Waals surface area contributed by atoms with Gasteiger partial charge in [-0.15, -0.1) is 0 Å². The molecule has 1 aliphatic heterocycles. The number of hydrogen-bond acceptors (Lipinski definition) is 4. The molecular weight excluding hydrogens is 326 g/mol. The van der Waals surface area contributed by atoms with E-state index in [9.17, 15) is 9.90 Å². The van der Waals surface area contributed by atoms with Gasteiger partial charge >= 0.3 is 0 Å². The van der Waals surface area contributed by atoms with Crippen LogP contribution in [0.2, 0.25) is 0 Å². The van der Waals surface area contributed by atoms with Crippen molar-refractivity contribution >= 4 is 5.78 Å². The Morgan fingerprint density at radius 3 is 2.88 bits per heavy atom. The molecule has 2 saturated carbocycles. The molecule has 4 nitrogen and oxygen atoms in total. The van der Waals surface area contributed by atoms with Crippen LogP contribution in [-0.4, -0.2) is 47.6 Å². The van der Waals surface area contributed by atoms with E-state index >= 15 is 0 Å². The number of fused-ring (bicyclic) bond motifs is 1. The lowest BCUT2D eigenvalue weighted by atomic mass is 9.49. The third kappa shape index (κ3) is 2.12. The Morgan fingerprint density at radius 2 is 2.15 bits per heavy atom. The van der Waals surface area contributed by atoms with Crippen LogP contribution in [0.15, 0.2) is 18.2 Å². The first-order valence-corrected chi connectivity index (χ1v) is 10.2. The van der Waals surface area contributed by atoms with Gasteiger partial charge in [-0.3, -0.25) is 9.69 Å². The van der Waals surface area contributed by atoms with Crippen LogP contribution in [0, 0.1) is 5.92 Å². The van der Waals surface area contributed by atoms with Gasteiger partial charge in [-0.2, -0.15) is 0 Å². The number of benzene rings is 1. The highest BCUT2D eigenvalue weighted by Crippen LogP contribution is 2.59. The van der Waals surface area contributed by atoms with Gasteiger partial charge in [0.05, 0.1) is 12.7 Å². The molecule has 1 N–H and O–H groups in total. The minimum Gasteiger partial charge on any atom is -0.496 e. The van der Waals surface area contributed by atoms with E-state index in [0.29, 0.717) is 25.0 Å². The van der Waals surface area contributed by atoms with Crippen molar-refractivity contribution in [1.29, 1.82) is 0 Å². The second kappa shape index (κ2) is 5.80. The van der Waals surface area contributed by atoms with Crippen LogP contribution in [0.1, 0.15) is 56.1 Å². The van der Waals surface area contributed by atoms with E-state index in [0.717, 1.165) is 43.2 Å². The molecule has 4 aliphatic rings. The van der Waals surface area contributed by atoms with E-state index in [1.807, 2.05) is 6.07 Å². The van der Waals surface area contributed by atoms with Crippen molar-refractivity contribution in [3.8, 4) is 5.75 Å². The van der Waals surface area contributed by atoms with Crippen LogP contribution >= 0.6 is 0 Å².